The minimum atomic E-state index is -0.477. The van der Waals surface area contributed by atoms with Crippen LogP contribution in [0.4, 0.5) is 4.39 Å². The number of pyridine rings is 1. The number of amides is 1. The van der Waals surface area contributed by atoms with Gasteiger partial charge in [0.1, 0.15) is 11.1 Å². The number of ether oxygens (including phenoxy) is 2. The number of nitrogens with zero attached hydrogens (tertiary/aromatic N) is 2. The third kappa shape index (κ3) is 4.60. The van der Waals surface area contributed by atoms with E-state index >= 15 is 0 Å². The second-order valence-electron chi connectivity index (χ2n) is 5.71. The van der Waals surface area contributed by atoms with Crippen molar-refractivity contribution in [3.05, 3.63) is 53.4 Å². The zero-order chi connectivity index (χ0) is 17.6. The maximum atomic E-state index is 13.5. The highest BCUT2D eigenvalue weighted by atomic mass is 35.5. The molecule has 7 heteroatoms. The van der Waals surface area contributed by atoms with Gasteiger partial charge in [0.05, 0.1) is 0 Å². The zero-order valence-corrected chi connectivity index (χ0v) is 14.3. The first-order valence-electron chi connectivity index (χ1n) is 8.06. The Morgan fingerprint density at radius 3 is 2.72 bits per heavy atom. The number of benzene rings is 1. The molecule has 0 radical (unpaired) electrons. The summed E-state index contributed by atoms with van der Waals surface area (Å²) in [5.41, 5.74) is 0. The van der Waals surface area contributed by atoms with E-state index in [1.54, 1.807) is 35.4 Å². The highest BCUT2D eigenvalue weighted by molar-refractivity contribution is 6.31. The van der Waals surface area contributed by atoms with Crippen molar-refractivity contribution in [3.8, 4) is 11.6 Å². The second kappa shape index (κ2) is 8.16. The van der Waals surface area contributed by atoms with Gasteiger partial charge in [-0.05, 0) is 24.3 Å². The molecule has 1 aliphatic heterocycles. The standard InChI is InChI=1S/C18H18ClFN2O3/c19-14-4-3-9-21-18(14)25-13-7-10-22(11-8-13)17(23)12-24-16-6-2-1-5-15(16)20/h1-6,9,13H,7-8,10-12H2. The number of hydrogen-bond acceptors (Lipinski definition) is 4. The number of halogens is 2. The Morgan fingerprint density at radius 1 is 1.24 bits per heavy atom. The van der Waals surface area contributed by atoms with Crippen molar-refractivity contribution in [3.63, 3.8) is 0 Å². The molecule has 0 N–H and O–H groups in total. The van der Waals surface area contributed by atoms with Crippen molar-refractivity contribution in [2.75, 3.05) is 19.7 Å². The molecule has 132 valence electrons. The molecule has 3 rings (SSSR count). The molecule has 0 saturated carbocycles. The molecule has 0 aliphatic carbocycles. The van der Waals surface area contributed by atoms with Crippen LogP contribution < -0.4 is 9.47 Å². The Kier molecular flexibility index (Phi) is 5.71. The van der Waals surface area contributed by atoms with Gasteiger partial charge in [0.25, 0.3) is 5.91 Å². The maximum Gasteiger partial charge on any atom is 0.260 e. The summed E-state index contributed by atoms with van der Waals surface area (Å²) in [4.78, 5) is 18.0. The van der Waals surface area contributed by atoms with Crippen LogP contribution >= 0.6 is 11.6 Å². The van der Waals surface area contributed by atoms with Crippen molar-refractivity contribution in [2.45, 2.75) is 18.9 Å². The van der Waals surface area contributed by atoms with Crippen LogP contribution in [0.1, 0.15) is 12.8 Å². The predicted molar refractivity (Wildman–Crippen MR) is 91.4 cm³/mol. The molecule has 1 fully saturated rings. The molecule has 2 heterocycles. The van der Waals surface area contributed by atoms with Crippen LogP contribution in [0.15, 0.2) is 42.6 Å². The molecule has 5 nitrogen and oxygen atoms in total. The van der Waals surface area contributed by atoms with Crippen molar-refractivity contribution in [1.29, 1.82) is 0 Å². The fraction of sp³-hybridized carbons (Fsp3) is 0.333. The molecule has 0 atom stereocenters. The number of carbonyl (C=O) groups is 1. The summed E-state index contributed by atoms with van der Waals surface area (Å²) in [5.74, 6) is -0.150. The Morgan fingerprint density at radius 2 is 2.00 bits per heavy atom. The average molecular weight is 365 g/mol. The van der Waals surface area contributed by atoms with E-state index in [0.29, 0.717) is 36.8 Å². The van der Waals surface area contributed by atoms with Crippen LogP contribution in [0.2, 0.25) is 5.02 Å². The molecule has 0 spiro atoms. The average Bonchev–Trinajstić information content (AvgIpc) is 2.63. The van der Waals surface area contributed by atoms with E-state index in [0.717, 1.165) is 0 Å². The molecule has 0 bridgehead atoms. The number of aromatic nitrogens is 1. The summed E-state index contributed by atoms with van der Waals surface area (Å²) in [7, 11) is 0. The van der Waals surface area contributed by atoms with Crippen LogP contribution in [0, 0.1) is 5.82 Å². The van der Waals surface area contributed by atoms with E-state index in [9.17, 15) is 9.18 Å². The van der Waals surface area contributed by atoms with E-state index in [-0.39, 0.29) is 24.4 Å². The van der Waals surface area contributed by atoms with Crippen LogP contribution in [0.5, 0.6) is 11.6 Å². The molecule has 25 heavy (non-hydrogen) atoms. The van der Waals surface area contributed by atoms with E-state index in [1.165, 1.54) is 12.1 Å². The fourth-order valence-electron chi connectivity index (χ4n) is 2.63. The highest BCUT2D eigenvalue weighted by Gasteiger charge is 2.25. The van der Waals surface area contributed by atoms with Gasteiger partial charge in [-0.1, -0.05) is 23.7 Å². The van der Waals surface area contributed by atoms with Gasteiger partial charge in [-0.3, -0.25) is 4.79 Å². The first-order chi connectivity index (χ1) is 12.1. The lowest BCUT2D eigenvalue weighted by Crippen LogP contribution is -2.43. The van der Waals surface area contributed by atoms with Gasteiger partial charge < -0.3 is 14.4 Å². The number of para-hydroxylation sites is 1. The molecule has 1 aromatic carbocycles. The Hall–Kier alpha value is -2.34. The highest BCUT2D eigenvalue weighted by Crippen LogP contribution is 2.24. The SMILES string of the molecule is O=C(COc1ccccc1F)N1CCC(Oc2ncccc2Cl)CC1. The molecule has 0 unspecified atom stereocenters. The molecule has 1 aromatic heterocycles. The lowest BCUT2D eigenvalue weighted by molar-refractivity contribution is -0.135. The third-order valence-electron chi connectivity index (χ3n) is 3.99. The topological polar surface area (TPSA) is 51.7 Å². The number of hydrogen-bond donors (Lipinski definition) is 0. The molecular formula is C18H18ClFN2O3. The van der Waals surface area contributed by atoms with Gasteiger partial charge in [0.2, 0.25) is 5.88 Å². The summed E-state index contributed by atoms with van der Waals surface area (Å²) in [6, 6.07) is 9.50. The van der Waals surface area contributed by atoms with E-state index in [1.807, 2.05) is 0 Å². The van der Waals surface area contributed by atoms with Crippen LogP contribution in [-0.2, 0) is 4.79 Å². The zero-order valence-electron chi connectivity index (χ0n) is 13.5. The largest absolute Gasteiger partial charge is 0.481 e. The molecule has 1 aliphatic rings. The van der Waals surface area contributed by atoms with Crippen molar-refractivity contribution in [1.82, 2.24) is 9.88 Å². The Bertz CT molecular complexity index is 736. The quantitative estimate of drug-likeness (QED) is 0.816. The monoisotopic (exact) mass is 364 g/mol. The second-order valence-corrected chi connectivity index (χ2v) is 6.11. The van der Waals surface area contributed by atoms with Gasteiger partial charge in [-0.25, -0.2) is 9.37 Å². The van der Waals surface area contributed by atoms with Crippen molar-refractivity contribution < 1.29 is 18.7 Å². The van der Waals surface area contributed by atoms with Crippen molar-refractivity contribution in [2.24, 2.45) is 0 Å². The maximum absolute atomic E-state index is 13.5. The first-order valence-corrected chi connectivity index (χ1v) is 8.43. The van der Waals surface area contributed by atoms with Crippen LogP contribution in [0.25, 0.3) is 0 Å². The van der Waals surface area contributed by atoms with Gasteiger partial charge in [-0.15, -0.1) is 0 Å². The lowest BCUT2D eigenvalue weighted by Gasteiger charge is -2.32. The Balaban J connectivity index is 1.46. The Labute approximate surface area is 150 Å². The van der Waals surface area contributed by atoms with E-state index in [4.69, 9.17) is 21.1 Å². The van der Waals surface area contributed by atoms with E-state index < -0.39 is 5.82 Å². The predicted octanol–water partition coefficient (Wildman–Crippen LogP) is 3.32. The molecule has 2 aromatic rings. The smallest absolute Gasteiger partial charge is 0.260 e. The number of rotatable bonds is 5. The lowest BCUT2D eigenvalue weighted by atomic mass is 10.1. The minimum Gasteiger partial charge on any atom is -0.481 e. The van der Waals surface area contributed by atoms with Gasteiger partial charge in [-0.2, -0.15) is 0 Å². The first kappa shape index (κ1) is 17.5. The summed E-state index contributed by atoms with van der Waals surface area (Å²) < 4.78 is 24.6. The molecule has 1 amide bonds. The van der Waals surface area contributed by atoms with Crippen LogP contribution in [-0.4, -0.2) is 41.6 Å². The number of likely N-dealkylation sites (tertiary alicyclic amines) is 1. The van der Waals surface area contributed by atoms with Crippen molar-refractivity contribution >= 4 is 17.5 Å². The van der Waals surface area contributed by atoms with Gasteiger partial charge in [0, 0.05) is 32.1 Å². The summed E-state index contributed by atoms with van der Waals surface area (Å²) >= 11 is 6.04. The van der Waals surface area contributed by atoms with Crippen LogP contribution in [0.3, 0.4) is 0 Å². The van der Waals surface area contributed by atoms with Gasteiger partial charge in [0.15, 0.2) is 18.2 Å². The number of piperidine rings is 1. The number of carbonyl (C=O) groups excluding carboxylic acids is 1. The van der Waals surface area contributed by atoms with Gasteiger partial charge >= 0.3 is 0 Å². The third-order valence-corrected chi connectivity index (χ3v) is 4.27. The normalized spacial score (nSPS) is 15.0. The fourth-order valence-corrected chi connectivity index (χ4v) is 2.80. The summed E-state index contributed by atoms with van der Waals surface area (Å²) in [6.45, 7) is 0.918. The van der Waals surface area contributed by atoms with E-state index in [2.05, 4.69) is 4.98 Å². The summed E-state index contributed by atoms with van der Waals surface area (Å²) in [6.07, 6.45) is 2.94. The summed E-state index contributed by atoms with van der Waals surface area (Å²) in [5, 5.41) is 0.472. The molecule has 1 saturated heterocycles. The molecular weight excluding hydrogens is 347 g/mol. The minimum absolute atomic E-state index is 0.0380.